The van der Waals surface area contributed by atoms with Crippen molar-refractivity contribution < 1.29 is 24.8 Å². The smallest absolute Gasteiger partial charge is 0.281 e. The second kappa shape index (κ2) is 4.38. The zero-order valence-corrected chi connectivity index (χ0v) is 9.70. The maximum atomic E-state index is 11.5. The van der Waals surface area contributed by atoms with Crippen LogP contribution in [0.15, 0.2) is 18.6 Å². The van der Waals surface area contributed by atoms with E-state index in [0.717, 1.165) is 0 Å². The lowest BCUT2D eigenvalue weighted by atomic mass is 10.1. The Kier molecular flexibility index (Phi) is 2.82. The van der Waals surface area contributed by atoms with Gasteiger partial charge in [-0.3, -0.25) is 0 Å². The van der Waals surface area contributed by atoms with Crippen molar-refractivity contribution in [3.63, 3.8) is 0 Å². The van der Waals surface area contributed by atoms with Gasteiger partial charge in [0.2, 0.25) is 5.65 Å². The zero-order valence-electron chi connectivity index (χ0n) is 9.70. The third-order valence-corrected chi connectivity index (χ3v) is 3.15. The molecule has 2 aromatic heterocycles. The lowest BCUT2D eigenvalue weighted by Crippen LogP contribution is -2.33. The molecule has 3 N–H and O–H groups in total. The molecule has 0 spiro atoms. The quantitative estimate of drug-likeness (QED) is 0.412. The normalized spacial score (nSPS) is 31.1. The molecule has 0 radical (unpaired) electrons. The summed E-state index contributed by atoms with van der Waals surface area (Å²) < 4.78 is 7.13. The van der Waals surface area contributed by atoms with Gasteiger partial charge in [0.15, 0.2) is 12.4 Å². The summed E-state index contributed by atoms with van der Waals surface area (Å²) in [6.45, 7) is -0.428. The van der Waals surface area contributed by atoms with Gasteiger partial charge in [-0.25, -0.2) is 9.67 Å². The second-order valence-electron chi connectivity index (χ2n) is 4.28. The number of fused-ring (bicyclic) bond motifs is 1. The van der Waals surface area contributed by atoms with Crippen LogP contribution in [0.4, 0.5) is 0 Å². The van der Waals surface area contributed by atoms with Crippen LogP contribution in [-0.4, -0.2) is 55.0 Å². The molecule has 9 heteroatoms. The second-order valence-corrected chi connectivity index (χ2v) is 4.28. The van der Waals surface area contributed by atoms with E-state index < -0.39 is 31.1 Å². The number of aliphatic hydroxyl groups excluding tert-OH is 3. The molecule has 0 aromatic carbocycles. The minimum absolute atomic E-state index is 0.222. The average Bonchev–Trinajstić information content (AvgIpc) is 2.94. The van der Waals surface area contributed by atoms with Crippen LogP contribution in [0.5, 0.6) is 0 Å². The molecule has 0 amide bonds. The first-order valence-electron chi connectivity index (χ1n) is 5.67. The van der Waals surface area contributed by atoms with Crippen molar-refractivity contribution >= 4 is 11.2 Å². The van der Waals surface area contributed by atoms with Crippen LogP contribution in [0.3, 0.4) is 0 Å². The van der Waals surface area contributed by atoms with Crippen molar-refractivity contribution in [3.05, 3.63) is 23.8 Å². The lowest BCUT2D eigenvalue weighted by molar-refractivity contribution is -0.577. The summed E-state index contributed by atoms with van der Waals surface area (Å²) in [5.41, 5.74) is 0.451. The largest absolute Gasteiger partial charge is 0.618 e. The SMILES string of the molecule is [O-][n+]1ccnc2c1cnn2C1OC(CO)C(O)C1O. The summed E-state index contributed by atoms with van der Waals surface area (Å²) in [7, 11) is 0. The molecule has 0 aliphatic carbocycles. The van der Waals surface area contributed by atoms with E-state index in [9.17, 15) is 15.4 Å². The summed E-state index contributed by atoms with van der Waals surface area (Å²) in [4.78, 5) is 4.00. The number of nitrogens with zero attached hydrogens (tertiary/aromatic N) is 4. The molecule has 4 atom stereocenters. The van der Waals surface area contributed by atoms with E-state index in [-0.39, 0.29) is 11.2 Å². The molecule has 3 heterocycles. The molecule has 19 heavy (non-hydrogen) atoms. The van der Waals surface area contributed by atoms with Crippen molar-refractivity contribution in [2.75, 3.05) is 6.61 Å². The Balaban J connectivity index is 2.04. The summed E-state index contributed by atoms with van der Waals surface area (Å²) in [6, 6.07) is 0. The third-order valence-electron chi connectivity index (χ3n) is 3.15. The zero-order chi connectivity index (χ0) is 13.6. The van der Waals surface area contributed by atoms with Crippen LogP contribution < -0.4 is 4.73 Å². The maximum absolute atomic E-state index is 11.5. The Morgan fingerprint density at radius 2 is 2.21 bits per heavy atom. The Labute approximate surface area is 106 Å². The van der Waals surface area contributed by atoms with Gasteiger partial charge in [0, 0.05) is 0 Å². The molecule has 2 aromatic rings. The van der Waals surface area contributed by atoms with Crippen molar-refractivity contribution in [2.45, 2.75) is 24.5 Å². The molecule has 1 aliphatic rings. The number of rotatable bonds is 2. The molecule has 1 saturated heterocycles. The highest BCUT2D eigenvalue weighted by molar-refractivity contribution is 5.65. The molecular formula is C10H12N4O5. The van der Waals surface area contributed by atoms with Crippen molar-refractivity contribution in [2.24, 2.45) is 0 Å². The fraction of sp³-hybridized carbons (Fsp3) is 0.500. The standard InChI is InChI=1S/C10H12N4O5/c15-4-6-7(16)8(17)10(19-6)14-9-5(3-12-14)13(18)2-1-11-9/h1-3,6-8,10,15-17H,4H2. The fourth-order valence-electron chi connectivity index (χ4n) is 2.14. The minimum atomic E-state index is -1.26. The first kappa shape index (κ1) is 12.2. The predicted octanol–water partition coefficient (Wildman–Crippen LogP) is -2.32. The van der Waals surface area contributed by atoms with Gasteiger partial charge < -0.3 is 25.3 Å². The van der Waals surface area contributed by atoms with Gasteiger partial charge in [-0.1, -0.05) is 0 Å². The van der Waals surface area contributed by atoms with Gasteiger partial charge in [0.05, 0.1) is 12.8 Å². The topological polar surface area (TPSA) is 128 Å². The molecule has 4 unspecified atom stereocenters. The van der Waals surface area contributed by atoms with Gasteiger partial charge in [0.25, 0.3) is 5.52 Å². The Morgan fingerprint density at radius 3 is 2.89 bits per heavy atom. The third kappa shape index (κ3) is 1.75. The monoisotopic (exact) mass is 268 g/mol. The average molecular weight is 268 g/mol. The van der Waals surface area contributed by atoms with Gasteiger partial charge in [-0.05, 0) is 0 Å². The van der Waals surface area contributed by atoms with Crippen molar-refractivity contribution in [3.8, 4) is 0 Å². The van der Waals surface area contributed by atoms with Crippen LogP contribution in [0.1, 0.15) is 6.23 Å². The highest BCUT2D eigenvalue weighted by Gasteiger charge is 2.44. The minimum Gasteiger partial charge on any atom is -0.618 e. The summed E-state index contributed by atoms with van der Waals surface area (Å²) in [5.74, 6) is 0. The van der Waals surface area contributed by atoms with E-state index in [4.69, 9.17) is 9.84 Å². The number of aliphatic hydroxyl groups is 3. The Hall–Kier alpha value is -1.81. The number of aromatic nitrogens is 4. The van der Waals surface area contributed by atoms with E-state index in [0.29, 0.717) is 4.73 Å². The molecule has 0 bridgehead atoms. The molecule has 0 saturated carbocycles. The van der Waals surface area contributed by atoms with Crippen LogP contribution in [0, 0.1) is 5.21 Å². The number of hydrogen-bond donors (Lipinski definition) is 3. The summed E-state index contributed by atoms with van der Waals surface area (Å²) in [5, 5.41) is 44.1. The highest BCUT2D eigenvalue weighted by Crippen LogP contribution is 2.30. The van der Waals surface area contributed by atoms with E-state index in [1.807, 2.05) is 0 Å². The van der Waals surface area contributed by atoms with E-state index in [1.54, 1.807) is 0 Å². The predicted molar refractivity (Wildman–Crippen MR) is 59.5 cm³/mol. The van der Waals surface area contributed by atoms with E-state index >= 15 is 0 Å². The molecule has 3 rings (SSSR count). The van der Waals surface area contributed by atoms with Crippen molar-refractivity contribution in [1.29, 1.82) is 0 Å². The maximum Gasteiger partial charge on any atom is 0.281 e. The van der Waals surface area contributed by atoms with Crippen LogP contribution in [0.2, 0.25) is 0 Å². The summed E-state index contributed by atoms with van der Waals surface area (Å²) in [6.07, 6.45) is -0.563. The highest BCUT2D eigenvalue weighted by atomic mass is 16.6. The molecular weight excluding hydrogens is 256 g/mol. The van der Waals surface area contributed by atoms with Gasteiger partial charge in [-0.15, -0.1) is 0 Å². The molecule has 1 aliphatic heterocycles. The Morgan fingerprint density at radius 1 is 1.42 bits per heavy atom. The Bertz CT molecular complexity index is 603. The van der Waals surface area contributed by atoms with Gasteiger partial charge in [0.1, 0.15) is 24.5 Å². The van der Waals surface area contributed by atoms with Gasteiger partial charge in [-0.2, -0.15) is 9.83 Å². The van der Waals surface area contributed by atoms with Crippen molar-refractivity contribution in [1.82, 2.24) is 14.8 Å². The number of ether oxygens (including phenoxy) is 1. The van der Waals surface area contributed by atoms with E-state index in [2.05, 4.69) is 10.1 Å². The summed E-state index contributed by atoms with van der Waals surface area (Å²) >= 11 is 0. The first-order chi connectivity index (χ1) is 9.13. The van der Waals surface area contributed by atoms with Gasteiger partial charge >= 0.3 is 0 Å². The van der Waals surface area contributed by atoms with Crippen LogP contribution >= 0.6 is 0 Å². The number of hydrogen-bond acceptors (Lipinski definition) is 7. The van der Waals surface area contributed by atoms with E-state index in [1.165, 1.54) is 23.3 Å². The lowest BCUT2D eigenvalue weighted by Gasteiger charge is -2.14. The van der Waals surface area contributed by atoms with Crippen LogP contribution in [0.25, 0.3) is 11.2 Å². The first-order valence-corrected chi connectivity index (χ1v) is 5.67. The molecule has 1 fully saturated rings. The van der Waals surface area contributed by atoms with Crippen LogP contribution in [-0.2, 0) is 4.74 Å². The molecule has 9 nitrogen and oxygen atoms in total. The fourth-order valence-corrected chi connectivity index (χ4v) is 2.14. The molecule has 102 valence electrons.